The molecular weight excluding hydrogens is 461 g/mol. The molecule has 29 heavy (non-hydrogen) atoms. The van der Waals surface area contributed by atoms with Gasteiger partial charge in [0.2, 0.25) is 0 Å². The first-order valence-electron chi connectivity index (χ1n) is 8.37. The van der Waals surface area contributed by atoms with Gasteiger partial charge in [-0.3, -0.25) is 25.2 Å². The number of rotatable bonds is 4. The molecule has 0 aliphatic carbocycles. The Morgan fingerprint density at radius 2 is 1.66 bits per heavy atom. The number of amides is 3. The third kappa shape index (κ3) is 5.07. The molecule has 0 aliphatic heterocycles. The van der Waals surface area contributed by atoms with Crippen molar-refractivity contribution < 1.29 is 18.8 Å². The number of nitrogens with one attached hydrogen (secondary N) is 3. The summed E-state index contributed by atoms with van der Waals surface area (Å²) in [5.41, 5.74) is 5.83. The molecule has 1 aromatic heterocycles. The van der Waals surface area contributed by atoms with Crippen LogP contribution in [0, 0.1) is 12.7 Å². The van der Waals surface area contributed by atoms with Crippen molar-refractivity contribution in [2.45, 2.75) is 6.92 Å². The van der Waals surface area contributed by atoms with E-state index in [0.29, 0.717) is 16.1 Å². The number of carbonyl (C=O) groups is 3. The van der Waals surface area contributed by atoms with Crippen LogP contribution in [0.4, 0.5) is 10.1 Å². The molecule has 0 bridgehead atoms. The average Bonchev–Trinajstić information content (AvgIpc) is 3.14. The van der Waals surface area contributed by atoms with E-state index in [1.807, 2.05) is 0 Å². The van der Waals surface area contributed by atoms with Crippen molar-refractivity contribution in [2.24, 2.45) is 0 Å². The minimum atomic E-state index is -0.639. The minimum Gasteiger partial charge on any atom is -0.322 e. The summed E-state index contributed by atoms with van der Waals surface area (Å²) < 4.78 is 14.6. The first kappa shape index (κ1) is 20.7. The van der Waals surface area contributed by atoms with Crippen LogP contribution in [-0.2, 0) is 0 Å². The Kier molecular flexibility index (Phi) is 6.40. The number of carbonyl (C=O) groups excluding carboxylic acids is 3. The molecule has 9 heteroatoms. The molecule has 3 amide bonds. The highest BCUT2D eigenvalue weighted by Gasteiger charge is 2.15. The fourth-order valence-electron chi connectivity index (χ4n) is 2.42. The van der Waals surface area contributed by atoms with E-state index in [1.54, 1.807) is 37.3 Å². The van der Waals surface area contributed by atoms with E-state index in [-0.39, 0.29) is 11.1 Å². The van der Waals surface area contributed by atoms with E-state index in [4.69, 9.17) is 0 Å². The average molecular weight is 476 g/mol. The molecule has 0 spiro atoms. The van der Waals surface area contributed by atoms with Gasteiger partial charge in [0, 0.05) is 11.3 Å². The summed E-state index contributed by atoms with van der Waals surface area (Å²) in [4.78, 5) is 37.1. The number of hydrogen-bond acceptors (Lipinski definition) is 4. The standard InChI is InChI=1S/C20H15BrFN3O3S/c1-11-6-7-12(18(26)24-25-20(28)16-8-9-17(21)29-16)10-15(11)23-19(27)13-4-2-3-5-14(13)22/h2-10H,1H3,(H,23,27)(H,24,26)(H,25,28). The van der Waals surface area contributed by atoms with Gasteiger partial charge in [-0.15, -0.1) is 11.3 Å². The molecule has 0 saturated carbocycles. The van der Waals surface area contributed by atoms with Gasteiger partial charge in [-0.25, -0.2) is 4.39 Å². The van der Waals surface area contributed by atoms with Crippen molar-refractivity contribution in [3.05, 3.63) is 85.8 Å². The second-order valence-corrected chi connectivity index (χ2v) is 8.44. The van der Waals surface area contributed by atoms with E-state index >= 15 is 0 Å². The summed E-state index contributed by atoms with van der Waals surface area (Å²) in [6.07, 6.45) is 0. The molecule has 0 atom stereocenters. The molecule has 0 radical (unpaired) electrons. The maximum atomic E-state index is 13.8. The predicted octanol–water partition coefficient (Wildman–Crippen LogP) is 4.29. The van der Waals surface area contributed by atoms with Crippen LogP contribution in [0.3, 0.4) is 0 Å². The normalized spacial score (nSPS) is 10.3. The van der Waals surface area contributed by atoms with Crippen LogP contribution in [0.25, 0.3) is 0 Å². The molecule has 2 aromatic carbocycles. The first-order chi connectivity index (χ1) is 13.8. The highest BCUT2D eigenvalue weighted by molar-refractivity contribution is 9.11. The SMILES string of the molecule is Cc1ccc(C(=O)NNC(=O)c2ccc(Br)s2)cc1NC(=O)c1ccccc1F. The molecule has 0 aliphatic rings. The van der Waals surface area contributed by atoms with Gasteiger partial charge < -0.3 is 5.32 Å². The molecule has 148 valence electrons. The van der Waals surface area contributed by atoms with Gasteiger partial charge >= 0.3 is 0 Å². The van der Waals surface area contributed by atoms with Crippen LogP contribution >= 0.6 is 27.3 Å². The zero-order valence-electron chi connectivity index (χ0n) is 15.1. The lowest BCUT2D eigenvalue weighted by molar-refractivity contribution is 0.0849. The number of hydrazine groups is 1. The van der Waals surface area contributed by atoms with Gasteiger partial charge in [-0.05, 0) is 64.8 Å². The van der Waals surface area contributed by atoms with E-state index in [1.165, 1.54) is 35.6 Å². The summed E-state index contributed by atoms with van der Waals surface area (Å²) in [6.45, 7) is 1.75. The van der Waals surface area contributed by atoms with Crippen LogP contribution < -0.4 is 16.2 Å². The highest BCUT2D eigenvalue weighted by Crippen LogP contribution is 2.22. The van der Waals surface area contributed by atoms with Gasteiger partial charge in [0.15, 0.2) is 0 Å². The van der Waals surface area contributed by atoms with Gasteiger partial charge in [0.1, 0.15) is 5.82 Å². The van der Waals surface area contributed by atoms with E-state index < -0.39 is 23.5 Å². The number of anilines is 1. The van der Waals surface area contributed by atoms with Crippen molar-refractivity contribution in [1.82, 2.24) is 10.9 Å². The van der Waals surface area contributed by atoms with Crippen LogP contribution in [0.15, 0.2) is 58.4 Å². The summed E-state index contributed by atoms with van der Waals surface area (Å²) in [7, 11) is 0. The van der Waals surface area contributed by atoms with Crippen molar-refractivity contribution in [3.63, 3.8) is 0 Å². The zero-order chi connectivity index (χ0) is 21.0. The molecule has 3 aromatic rings. The molecule has 3 N–H and O–H groups in total. The van der Waals surface area contributed by atoms with E-state index in [2.05, 4.69) is 32.1 Å². The summed E-state index contributed by atoms with van der Waals surface area (Å²) in [6, 6.07) is 13.6. The molecule has 0 saturated heterocycles. The summed E-state index contributed by atoms with van der Waals surface area (Å²) in [5, 5.41) is 2.61. The Bertz CT molecular complexity index is 1100. The molecule has 1 heterocycles. The highest BCUT2D eigenvalue weighted by atomic mass is 79.9. The molecule has 0 fully saturated rings. The number of aryl methyl sites for hydroxylation is 1. The number of thiophene rings is 1. The Labute approximate surface area is 178 Å². The maximum absolute atomic E-state index is 13.8. The lowest BCUT2D eigenvalue weighted by atomic mass is 10.1. The zero-order valence-corrected chi connectivity index (χ0v) is 17.5. The Morgan fingerprint density at radius 1 is 0.931 bits per heavy atom. The fraction of sp³-hybridized carbons (Fsp3) is 0.0500. The molecule has 0 unspecified atom stereocenters. The van der Waals surface area contributed by atoms with Crippen LogP contribution in [0.1, 0.15) is 36.0 Å². The molecule has 3 rings (SSSR count). The largest absolute Gasteiger partial charge is 0.322 e. The van der Waals surface area contributed by atoms with Crippen LogP contribution in [-0.4, -0.2) is 17.7 Å². The fourth-order valence-corrected chi connectivity index (χ4v) is 3.70. The quantitative estimate of drug-likeness (QED) is 0.492. The van der Waals surface area contributed by atoms with Crippen LogP contribution in [0.2, 0.25) is 0 Å². The van der Waals surface area contributed by atoms with Gasteiger partial charge in [0.05, 0.1) is 14.2 Å². The third-order valence-electron chi connectivity index (χ3n) is 3.95. The second kappa shape index (κ2) is 8.97. The van der Waals surface area contributed by atoms with Gasteiger partial charge in [-0.2, -0.15) is 0 Å². The van der Waals surface area contributed by atoms with Crippen molar-refractivity contribution >= 4 is 50.7 Å². The van der Waals surface area contributed by atoms with Crippen LogP contribution in [0.5, 0.6) is 0 Å². The Hall–Kier alpha value is -3.04. The smallest absolute Gasteiger partial charge is 0.279 e. The molecular formula is C20H15BrFN3O3S. The number of hydrogen-bond donors (Lipinski definition) is 3. The lowest BCUT2D eigenvalue weighted by Gasteiger charge is -2.12. The third-order valence-corrected chi connectivity index (χ3v) is 5.58. The minimum absolute atomic E-state index is 0.101. The van der Waals surface area contributed by atoms with Gasteiger partial charge in [0.25, 0.3) is 17.7 Å². The van der Waals surface area contributed by atoms with Gasteiger partial charge in [-0.1, -0.05) is 18.2 Å². The number of benzene rings is 2. The first-order valence-corrected chi connectivity index (χ1v) is 9.98. The Balaban J connectivity index is 1.69. The molecule has 6 nitrogen and oxygen atoms in total. The van der Waals surface area contributed by atoms with Crippen molar-refractivity contribution in [2.75, 3.05) is 5.32 Å². The summed E-state index contributed by atoms with van der Waals surface area (Å²) in [5.74, 6) is -2.27. The van der Waals surface area contributed by atoms with E-state index in [0.717, 1.165) is 3.79 Å². The van der Waals surface area contributed by atoms with E-state index in [9.17, 15) is 18.8 Å². The lowest BCUT2D eigenvalue weighted by Crippen LogP contribution is -2.41. The monoisotopic (exact) mass is 475 g/mol. The second-order valence-electron chi connectivity index (χ2n) is 5.98. The van der Waals surface area contributed by atoms with Crippen molar-refractivity contribution in [3.8, 4) is 0 Å². The number of halogens is 2. The van der Waals surface area contributed by atoms with Crippen molar-refractivity contribution in [1.29, 1.82) is 0 Å². The maximum Gasteiger partial charge on any atom is 0.279 e. The predicted molar refractivity (Wildman–Crippen MR) is 112 cm³/mol. The topological polar surface area (TPSA) is 87.3 Å². The Morgan fingerprint density at radius 3 is 2.34 bits per heavy atom. The summed E-state index contributed by atoms with van der Waals surface area (Å²) >= 11 is 4.49.